The van der Waals surface area contributed by atoms with Crippen LogP contribution in [0.5, 0.6) is 0 Å². The lowest BCUT2D eigenvalue weighted by atomic mass is 10.1. The third-order valence-electron chi connectivity index (χ3n) is 5.94. The third-order valence-corrected chi connectivity index (χ3v) is 5.94. The van der Waals surface area contributed by atoms with Crippen molar-refractivity contribution in [1.82, 2.24) is 9.78 Å². The second-order valence-corrected chi connectivity index (χ2v) is 8.23. The number of para-hydroxylation sites is 1. The lowest BCUT2D eigenvalue weighted by molar-refractivity contribution is -0.137. The van der Waals surface area contributed by atoms with Crippen molar-refractivity contribution in [3.8, 4) is 5.69 Å². The number of aromatic nitrogens is 2. The number of nitrogens with one attached hydrogen (secondary N) is 1. The molecule has 5 rings (SSSR count). The van der Waals surface area contributed by atoms with Gasteiger partial charge >= 0.3 is 6.18 Å². The van der Waals surface area contributed by atoms with Crippen LogP contribution in [0.1, 0.15) is 16.1 Å². The maximum absolute atomic E-state index is 13.5. The summed E-state index contributed by atoms with van der Waals surface area (Å²) in [6.07, 6.45) is -4.59. The largest absolute Gasteiger partial charge is 0.416 e. The lowest BCUT2D eigenvalue weighted by Gasteiger charge is -2.31. The molecule has 0 saturated carbocycles. The molecule has 0 unspecified atom stereocenters. The maximum Gasteiger partial charge on any atom is 0.416 e. The highest BCUT2D eigenvalue weighted by Gasteiger charge is 2.32. The summed E-state index contributed by atoms with van der Waals surface area (Å²) in [4.78, 5) is 28.5. The van der Waals surface area contributed by atoms with E-state index in [1.54, 1.807) is 54.6 Å². The number of alkyl halides is 3. The highest BCUT2D eigenvalue weighted by Crippen LogP contribution is 2.36. The Bertz CT molecular complexity index is 1480. The van der Waals surface area contributed by atoms with Crippen molar-refractivity contribution in [2.45, 2.75) is 6.18 Å². The molecule has 1 N–H and O–H groups in total. The second-order valence-electron chi connectivity index (χ2n) is 8.23. The molecule has 1 aliphatic heterocycles. The number of hydrogen-bond donors (Lipinski definition) is 1. The van der Waals surface area contributed by atoms with Gasteiger partial charge in [-0.3, -0.25) is 9.59 Å². The molecular weight excluding hydrogens is 473 g/mol. The Hall–Kier alpha value is -4.18. The average Bonchev–Trinajstić information content (AvgIpc) is 2.89. The molecule has 1 aliphatic rings. The molecule has 3 aromatic carbocycles. The first-order valence-corrected chi connectivity index (χ1v) is 11.3. The Morgan fingerprint density at radius 2 is 1.58 bits per heavy atom. The first kappa shape index (κ1) is 23.6. The standard InChI is InChI=1S/C26H21F3N4O3/c27-26(28,29)17-10-11-22(32-12-14-36-15-13-32)21(16-17)30-24(34)23-19-8-4-5-9-20(19)25(35)33(31-23)18-6-2-1-3-7-18/h1-11,16H,12-15H2,(H,30,34). The van der Waals surface area contributed by atoms with Gasteiger partial charge in [0.1, 0.15) is 0 Å². The number of benzene rings is 3. The minimum absolute atomic E-state index is 0.0000623. The van der Waals surface area contributed by atoms with Gasteiger partial charge < -0.3 is 15.0 Å². The summed E-state index contributed by atoms with van der Waals surface area (Å²) in [6, 6.07) is 18.3. The predicted molar refractivity (Wildman–Crippen MR) is 130 cm³/mol. The number of amides is 1. The molecule has 2 heterocycles. The number of hydrogen-bond acceptors (Lipinski definition) is 5. The zero-order valence-corrected chi connectivity index (χ0v) is 19.0. The van der Waals surface area contributed by atoms with Gasteiger partial charge in [0.25, 0.3) is 11.5 Å². The molecule has 7 nitrogen and oxygen atoms in total. The van der Waals surface area contributed by atoms with Crippen molar-refractivity contribution in [3.63, 3.8) is 0 Å². The molecule has 1 aromatic heterocycles. The van der Waals surface area contributed by atoms with Gasteiger partial charge in [0.05, 0.1) is 41.2 Å². The molecule has 1 fully saturated rings. The topological polar surface area (TPSA) is 76.5 Å². The fourth-order valence-electron chi connectivity index (χ4n) is 4.18. The number of fused-ring (bicyclic) bond motifs is 1. The summed E-state index contributed by atoms with van der Waals surface area (Å²) in [5.74, 6) is -0.732. The van der Waals surface area contributed by atoms with Crippen LogP contribution in [0.4, 0.5) is 24.5 Å². The molecule has 184 valence electrons. The summed E-state index contributed by atoms with van der Waals surface area (Å²) in [6.45, 7) is 1.77. The average molecular weight is 494 g/mol. The van der Waals surface area contributed by atoms with Gasteiger partial charge in [-0.1, -0.05) is 36.4 Å². The van der Waals surface area contributed by atoms with Crippen molar-refractivity contribution >= 4 is 28.1 Å². The Balaban J connectivity index is 1.62. The Morgan fingerprint density at radius 3 is 2.28 bits per heavy atom. The highest BCUT2D eigenvalue weighted by atomic mass is 19.4. The van der Waals surface area contributed by atoms with Crippen LogP contribution >= 0.6 is 0 Å². The van der Waals surface area contributed by atoms with E-state index in [2.05, 4.69) is 10.4 Å². The minimum atomic E-state index is -4.59. The molecule has 0 aliphatic carbocycles. The summed E-state index contributed by atoms with van der Waals surface area (Å²) in [5, 5.41) is 7.51. The van der Waals surface area contributed by atoms with Crippen LogP contribution in [0.15, 0.2) is 77.6 Å². The van der Waals surface area contributed by atoms with Crippen LogP contribution in [0, 0.1) is 0 Å². The van der Waals surface area contributed by atoms with Crippen LogP contribution in [0.3, 0.4) is 0 Å². The van der Waals surface area contributed by atoms with Gasteiger partial charge in [0.2, 0.25) is 0 Å². The molecule has 0 atom stereocenters. The van der Waals surface area contributed by atoms with Crippen molar-refractivity contribution < 1.29 is 22.7 Å². The van der Waals surface area contributed by atoms with E-state index in [9.17, 15) is 22.8 Å². The molecule has 0 bridgehead atoms. The third kappa shape index (κ3) is 4.55. The van der Waals surface area contributed by atoms with E-state index in [1.165, 1.54) is 6.07 Å². The van der Waals surface area contributed by atoms with E-state index in [0.717, 1.165) is 16.8 Å². The minimum Gasteiger partial charge on any atom is -0.378 e. The van der Waals surface area contributed by atoms with Gasteiger partial charge in [-0.25, -0.2) is 0 Å². The van der Waals surface area contributed by atoms with E-state index >= 15 is 0 Å². The van der Waals surface area contributed by atoms with Crippen LogP contribution in [-0.4, -0.2) is 42.0 Å². The summed E-state index contributed by atoms with van der Waals surface area (Å²) in [5.41, 5.74) is -0.488. The van der Waals surface area contributed by atoms with Gasteiger partial charge in [0, 0.05) is 18.5 Å². The fourth-order valence-corrected chi connectivity index (χ4v) is 4.18. The number of halogens is 3. The Kier molecular flexibility index (Phi) is 6.19. The van der Waals surface area contributed by atoms with E-state index in [4.69, 9.17) is 4.74 Å². The highest BCUT2D eigenvalue weighted by molar-refractivity contribution is 6.12. The van der Waals surface area contributed by atoms with E-state index in [0.29, 0.717) is 43.1 Å². The lowest BCUT2D eigenvalue weighted by Crippen LogP contribution is -2.37. The number of morpholine rings is 1. The quantitative estimate of drug-likeness (QED) is 0.452. The van der Waals surface area contributed by atoms with Gasteiger partial charge in [-0.05, 0) is 36.4 Å². The van der Waals surface area contributed by atoms with Crippen LogP contribution in [0.2, 0.25) is 0 Å². The van der Waals surface area contributed by atoms with E-state index in [-0.39, 0.29) is 16.8 Å². The molecule has 0 radical (unpaired) electrons. The van der Waals surface area contributed by atoms with Gasteiger partial charge in [0.15, 0.2) is 5.69 Å². The van der Waals surface area contributed by atoms with E-state index < -0.39 is 23.2 Å². The number of ether oxygens (including phenoxy) is 1. The molecule has 0 spiro atoms. The molecule has 4 aromatic rings. The number of rotatable bonds is 4. The van der Waals surface area contributed by atoms with Crippen LogP contribution < -0.4 is 15.8 Å². The SMILES string of the molecule is O=C(Nc1cc(C(F)(F)F)ccc1N1CCOCC1)c1nn(-c2ccccc2)c(=O)c2ccccc12. The summed E-state index contributed by atoms with van der Waals surface area (Å²) >= 11 is 0. The maximum atomic E-state index is 13.5. The summed E-state index contributed by atoms with van der Waals surface area (Å²) < 4.78 is 47.0. The Labute approximate surface area is 203 Å². The predicted octanol–water partition coefficient (Wildman–Crippen LogP) is 4.49. The Morgan fingerprint density at radius 1 is 0.917 bits per heavy atom. The van der Waals surface area contributed by atoms with Crippen molar-refractivity contribution in [3.05, 3.63) is 94.4 Å². The monoisotopic (exact) mass is 494 g/mol. The normalized spacial score (nSPS) is 14.1. The van der Waals surface area contributed by atoms with Crippen molar-refractivity contribution in [2.24, 2.45) is 0 Å². The second kappa shape index (κ2) is 9.46. The molecule has 1 amide bonds. The first-order valence-electron chi connectivity index (χ1n) is 11.3. The van der Waals surface area contributed by atoms with Gasteiger partial charge in [-0.15, -0.1) is 0 Å². The fraction of sp³-hybridized carbons (Fsp3) is 0.192. The molecule has 1 saturated heterocycles. The van der Waals surface area contributed by atoms with Crippen LogP contribution in [0.25, 0.3) is 16.5 Å². The van der Waals surface area contributed by atoms with Gasteiger partial charge in [-0.2, -0.15) is 23.0 Å². The summed E-state index contributed by atoms with van der Waals surface area (Å²) in [7, 11) is 0. The smallest absolute Gasteiger partial charge is 0.378 e. The molecular formula is C26H21F3N4O3. The van der Waals surface area contributed by atoms with E-state index in [1.807, 2.05) is 4.90 Å². The van der Waals surface area contributed by atoms with Crippen molar-refractivity contribution in [2.75, 3.05) is 36.5 Å². The first-order chi connectivity index (χ1) is 17.3. The number of anilines is 2. The zero-order chi connectivity index (χ0) is 25.3. The zero-order valence-electron chi connectivity index (χ0n) is 19.0. The molecule has 10 heteroatoms. The number of carbonyl (C=O) groups is 1. The number of carbonyl (C=O) groups excluding carboxylic acids is 1. The van der Waals surface area contributed by atoms with Crippen molar-refractivity contribution in [1.29, 1.82) is 0 Å². The molecule has 36 heavy (non-hydrogen) atoms. The number of nitrogens with zero attached hydrogens (tertiary/aromatic N) is 3. The van der Waals surface area contributed by atoms with Crippen LogP contribution in [-0.2, 0) is 10.9 Å².